The Morgan fingerprint density at radius 3 is 2.68 bits per heavy atom. The smallest absolute Gasteiger partial charge is 0.212 e. The van der Waals surface area contributed by atoms with Gasteiger partial charge in [0.2, 0.25) is 10.0 Å². The minimum atomic E-state index is -3.19. The first-order valence-electron chi connectivity index (χ1n) is 7.16. The summed E-state index contributed by atoms with van der Waals surface area (Å²) < 4.78 is 30.9. The van der Waals surface area contributed by atoms with Crippen LogP contribution in [0.15, 0.2) is 42.5 Å². The summed E-state index contributed by atoms with van der Waals surface area (Å²) in [7, 11) is -3.19. The maximum Gasteiger partial charge on any atom is 0.212 e. The van der Waals surface area contributed by atoms with Crippen molar-refractivity contribution in [1.29, 1.82) is 0 Å². The molecule has 5 heteroatoms. The van der Waals surface area contributed by atoms with E-state index in [2.05, 4.69) is 16.6 Å². The summed E-state index contributed by atoms with van der Waals surface area (Å²) in [4.78, 5) is 0. The fraction of sp³-hybridized carbons (Fsp3) is 0.294. The van der Waals surface area contributed by atoms with E-state index < -0.39 is 10.0 Å². The topological polar surface area (TPSA) is 55.4 Å². The lowest BCUT2D eigenvalue weighted by Gasteiger charge is -2.06. The van der Waals surface area contributed by atoms with E-state index in [0.717, 1.165) is 16.5 Å². The highest BCUT2D eigenvalue weighted by atomic mass is 32.2. The zero-order chi connectivity index (χ0) is 15.8. The monoisotopic (exact) mass is 317 g/mol. The van der Waals surface area contributed by atoms with Gasteiger partial charge in [-0.1, -0.05) is 55.2 Å². The number of sulfonamides is 1. The number of fused-ring (bicyclic) bond motifs is 1. The summed E-state index contributed by atoms with van der Waals surface area (Å²) in [6, 6.07) is 13.8. The van der Waals surface area contributed by atoms with Crippen molar-refractivity contribution < 1.29 is 13.2 Å². The van der Waals surface area contributed by atoms with Gasteiger partial charge in [-0.15, -0.1) is 0 Å². The molecule has 1 N–H and O–H groups in total. The van der Waals surface area contributed by atoms with Gasteiger partial charge in [-0.25, -0.2) is 13.1 Å². The predicted octanol–water partition coefficient (Wildman–Crippen LogP) is 2.55. The van der Waals surface area contributed by atoms with Gasteiger partial charge in [0.05, 0.1) is 12.3 Å². The molecule has 0 saturated heterocycles. The summed E-state index contributed by atoms with van der Waals surface area (Å²) in [5, 5.41) is 2.15. The fourth-order valence-electron chi connectivity index (χ4n) is 2.04. The number of benzene rings is 2. The highest BCUT2D eigenvalue weighted by molar-refractivity contribution is 7.89. The minimum Gasteiger partial charge on any atom is -0.480 e. The molecule has 0 bridgehead atoms. The number of hydrogen-bond donors (Lipinski definition) is 1. The Hall–Kier alpha value is -2.03. The van der Waals surface area contributed by atoms with Crippen molar-refractivity contribution in [2.45, 2.75) is 13.3 Å². The van der Waals surface area contributed by atoms with Crippen LogP contribution in [-0.4, -0.2) is 27.3 Å². The van der Waals surface area contributed by atoms with Crippen LogP contribution in [0.25, 0.3) is 10.8 Å². The second-order valence-electron chi connectivity index (χ2n) is 4.76. The number of nitrogens with one attached hydrogen (secondary N) is 1. The third-order valence-corrected chi connectivity index (χ3v) is 4.56. The molecule has 22 heavy (non-hydrogen) atoms. The first-order valence-corrected chi connectivity index (χ1v) is 8.81. The van der Waals surface area contributed by atoms with E-state index >= 15 is 0 Å². The molecule has 0 unspecified atom stereocenters. The largest absolute Gasteiger partial charge is 0.480 e. The normalized spacial score (nSPS) is 11.0. The molecular formula is C17H19NO3S. The standard InChI is InChI=1S/C17H19NO3S/c1-2-14-22(19,20)18-12-5-6-13-21-17-11-7-9-15-8-3-4-10-16(15)17/h3-4,7-11,18H,2,12-14H2,1H3. The molecule has 0 heterocycles. The first-order chi connectivity index (χ1) is 10.6. The average Bonchev–Trinajstić information content (AvgIpc) is 2.50. The van der Waals surface area contributed by atoms with Gasteiger partial charge in [-0.2, -0.15) is 0 Å². The predicted molar refractivity (Wildman–Crippen MR) is 89.3 cm³/mol. The molecule has 0 saturated carbocycles. The lowest BCUT2D eigenvalue weighted by atomic mass is 10.1. The Morgan fingerprint density at radius 1 is 1.09 bits per heavy atom. The van der Waals surface area contributed by atoms with E-state index in [1.807, 2.05) is 49.4 Å². The van der Waals surface area contributed by atoms with Gasteiger partial charge in [-0.05, 0) is 17.9 Å². The van der Waals surface area contributed by atoms with E-state index in [9.17, 15) is 8.42 Å². The van der Waals surface area contributed by atoms with Crippen LogP contribution in [0.2, 0.25) is 0 Å². The maximum absolute atomic E-state index is 11.4. The Balaban J connectivity index is 1.88. The minimum absolute atomic E-state index is 0.112. The molecule has 0 amide bonds. The molecule has 0 radical (unpaired) electrons. The second-order valence-corrected chi connectivity index (χ2v) is 6.69. The van der Waals surface area contributed by atoms with Gasteiger partial charge in [-0.3, -0.25) is 0 Å². The quantitative estimate of drug-likeness (QED) is 0.833. The van der Waals surface area contributed by atoms with Crippen molar-refractivity contribution >= 4 is 20.8 Å². The van der Waals surface area contributed by atoms with Crippen molar-refractivity contribution in [2.75, 3.05) is 18.9 Å². The van der Waals surface area contributed by atoms with E-state index in [1.165, 1.54) is 0 Å². The Labute approximate surface area is 131 Å². The zero-order valence-corrected chi connectivity index (χ0v) is 13.3. The Bertz CT molecular complexity index is 783. The van der Waals surface area contributed by atoms with Crippen LogP contribution in [0.5, 0.6) is 5.75 Å². The fourth-order valence-corrected chi connectivity index (χ4v) is 3.01. The van der Waals surface area contributed by atoms with Crippen molar-refractivity contribution in [1.82, 2.24) is 4.72 Å². The molecule has 0 atom stereocenters. The van der Waals surface area contributed by atoms with Crippen LogP contribution in [-0.2, 0) is 10.0 Å². The summed E-state index contributed by atoms with van der Waals surface area (Å²) in [5.74, 6) is 6.47. The number of rotatable bonds is 6. The van der Waals surface area contributed by atoms with E-state index in [-0.39, 0.29) is 18.9 Å². The summed E-state index contributed by atoms with van der Waals surface area (Å²) in [5.41, 5.74) is 0. The van der Waals surface area contributed by atoms with Gasteiger partial charge >= 0.3 is 0 Å². The third-order valence-electron chi connectivity index (χ3n) is 3.03. The van der Waals surface area contributed by atoms with Crippen LogP contribution in [0, 0.1) is 11.8 Å². The van der Waals surface area contributed by atoms with Crippen molar-refractivity contribution in [3.05, 3.63) is 42.5 Å². The summed E-state index contributed by atoms with van der Waals surface area (Å²) >= 11 is 0. The molecule has 0 aromatic heterocycles. The number of ether oxygens (including phenoxy) is 1. The molecule has 0 fully saturated rings. The molecule has 2 aromatic carbocycles. The van der Waals surface area contributed by atoms with Crippen molar-refractivity contribution in [3.8, 4) is 17.6 Å². The molecule has 4 nitrogen and oxygen atoms in total. The molecule has 0 aliphatic heterocycles. The highest BCUT2D eigenvalue weighted by Gasteiger charge is 2.05. The molecule has 2 aromatic rings. The molecular weight excluding hydrogens is 298 g/mol. The summed E-state index contributed by atoms with van der Waals surface area (Å²) in [6.07, 6.45) is 0.590. The van der Waals surface area contributed by atoms with Gasteiger partial charge in [0.25, 0.3) is 0 Å². The Morgan fingerprint density at radius 2 is 1.86 bits per heavy atom. The zero-order valence-electron chi connectivity index (χ0n) is 12.5. The van der Waals surface area contributed by atoms with Gasteiger partial charge in [0, 0.05) is 5.39 Å². The van der Waals surface area contributed by atoms with Gasteiger partial charge in [0.15, 0.2) is 0 Å². The number of hydrogen-bond acceptors (Lipinski definition) is 3. The molecule has 0 spiro atoms. The van der Waals surface area contributed by atoms with Crippen LogP contribution >= 0.6 is 0 Å². The van der Waals surface area contributed by atoms with Gasteiger partial charge < -0.3 is 4.74 Å². The second kappa shape index (κ2) is 7.83. The van der Waals surface area contributed by atoms with E-state index in [4.69, 9.17) is 4.74 Å². The maximum atomic E-state index is 11.4. The van der Waals surface area contributed by atoms with E-state index in [0.29, 0.717) is 6.42 Å². The molecule has 0 aliphatic carbocycles. The molecule has 116 valence electrons. The first kappa shape index (κ1) is 16.3. The van der Waals surface area contributed by atoms with Crippen molar-refractivity contribution in [3.63, 3.8) is 0 Å². The van der Waals surface area contributed by atoms with Crippen LogP contribution < -0.4 is 9.46 Å². The molecule has 0 aliphatic rings. The van der Waals surface area contributed by atoms with Crippen LogP contribution in [0.3, 0.4) is 0 Å². The van der Waals surface area contributed by atoms with E-state index in [1.54, 1.807) is 0 Å². The molecule has 2 rings (SSSR count). The Kier molecular flexibility index (Phi) is 5.82. The average molecular weight is 317 g/mol. The van der Waals surface area contributed by atoms with Crippen LogP contribution in [0.4, 0.5) is 0 Å². The van der Waals surface area contributed by atoms with Crippen molar-refractivity contribution in [2.24, 2.45) is 0 Å². The lowest BCUT2D eigenvalue weighted by Crippen LogP contribution is -2.26. The SMILES string of the molecule is CCCS(=O)(=O)NCC#CCOc1cccc2ccccc12. The highest BCUT2D eigenvalue weighted by Crippen LogP contribution is 2.24. The lowest BCUT2D eigenvalue weighted by molar-refractivity contribution is 0.374. The third kappa shape index (κ3) is 4.76. The van der Waals surface area contributed by atoms with Gasteiger partial charge in [0.1, 0.15) is 12.4 Å². The van der Waals surface area contributed by atoms with Crippen LogP contribution in [0.1, 0.15) is 13.3 Å². The summed E-state index contributed by atoms with van der Waals surface area (Å²) in [6.45, 7) is 2.16.